The van der Waals surface area contributed by atoms with Crippen LogP contribution in [0.5, 0.6) is 0 Å². The summed E-state index contributed by atoms with van der Waals surface area (Å²) in [6.07, 6.45) is 3.06. The molecule has 0 aliphatic carbocycles. The third-order valence-electron chi connectivity index (χ3n) is 5.39. The van der Waals surface area contributed by atoms with E-state index in [-0.39, 0.29) is 24.0 Å². The first-order chi connectivity index (χ1) is 13.2. The maximum absolute atomic E-state index is 5.33. The topological polar surface area (TPSA) is 56.2 Å². The number of hydrogen-bond acceptors (Lipinski definition) is 5. The summed E-state index contributed by atoms with van der Waals surface area (Å²) in [5.41, 5.74) is 1.20. The number of guanidine groups is 1. The van der Waals surface area contributed by atoms with Crippen molar-refractivity contribution in [2.75, 3.05) is 71.5 Å². The number of piperazine rings is 1. The number of likely N-dealkylation sites (N-methyl/N-ethyl adjacent to an activating group) is 1. The van der Waals surface area contributed by atoms with E-state index in [4.69, 9.17) is 9.73 Å². The van der Waals surface area contributed by atoms with E-state index in [1.54, 1.807) is 7.11 Å². The number of nitrogens with one attached hydrogen (secondary N) is 1. The van der Waals surface area contributed by atoms with Gasteiger partial charge in [0, 0.05) is 70.6 Å². The summed E-state index contributed by atoms with van der Waals surface area (Å²) in [5, 5.41) is 3.46. The van der Waals surface area contributed by atoms with Crippen LogP contribution in [0.4, 0.5) is 5.82 Å². The fraction of sp³-hybridized carbons (Fsp3) is 0.700. The van der Waals surface area contributed by atoms with Crippen molar-refractivity contribution in [2.45, 2.75) is 19.9 Å². The molecular weight excluding hydrogens is 467 g/mol. The van der Waals surface area contributed by atoms with Gasteiger partial charge in [-0.15, -0.1) is 24.0 Å². The number of methoxy groups -OCH3 is 1. The van der Waals surface area contributed by atoms with Gasteiger partial charge in [-0.2, -0.15) is 0 Å². The molecule has 2 fully saturated rings. The highest BCUT2D eigenvalue weighted by Crippen LogP contribution is 2.21. The number of anilines is 1. The first-order valence-electron chi connectivity index (χ1n) is 10.1. The lowest BCUT2D eigenvalue weighted by Gasteiger charge is -2.34. The van der Waals surface area contributed by atoms with Gasteiger partial charge in [0.1, 0.15) is 5.82 Å². The zero-order valence-corrected chi connectivity index (χ0v) is 19.8. The molecule has 3 rings (SSSR count). The fourth-order valence-corrected chi connectivity index (χ4v) is 3.84. The number of nitrogens with zero attached hydrogens (tertiary/aromatic N) is 5. The minimum absolute atomic E-state index is 0. The van der Waals surface area contributed by atoms with Crippen LogP contribution in [-0.2, 0) is 11.3 Å². The number of rotatable bonds is 6. The Kier molecular flexibility index (Phi) is 9.73. The van der Waals surface area contributed by atoms with Crippen LogP contribution in [0.25, 0.3) is 0 Å². The van der Waals surface area contributed by atoms with Gasteiger partial charge in [0.05, 0.1) is 13.2 Å². The predicted molar refractivity (Wildman–Crippen MR) is 126 cm³/mol. The standard InChI is InChI=1S/C20H34N6O.HI/c1-4-21-20(26-9-7-17(15-26)16-27-3)23-14-18-6-5-8-22-19(18)25-12-10-24(2)11-13-25;/h5-6,8,17H,4,7,9-16H2,1-3H3,(H,21,23);1H. The summed E-state index contributed by atoms with van der Waals surface area (Å²) in [5.74, 6) is 2.69. The van der Waals surface area contributed by atoms with Gasteiger partial charge in [0.25, 0.3) is 0 Å². The molecule has 1 aromatic heterocycles. The number of ether oxygens (including phenoxy) is 1. The van der Waals surface area contributed by atoms with Gasteiger partial charge in [0.15, 0.2) is 5.96 Å². The molecule has 1 aromatic rings. The van der Waals surface area contributed by atoms with E-state index in [0.29, 0.717) is 12.5 Å². The second-order valence-corrected chi connectivity index (χ2v) is 7.50. The average molecular weight is 502 g/mol. The molecule has 0 amide bonds. The number of halogens is 1. The minimum Gasteiger partial charge on any atom is -0.384 e. The Morgan fingerprint density at radius 3 is 2.79 bits per heavy atom. The number of likely N-dealkylation sites (tertiary alicyclic amines) is 1. The molecule has 0 saturated carbocycles. The highest BCUT2D eigenvalue weighted by molar-refractivity contribution is 14.0. The molecule has 158 valence electrons. The summed E-state index contributed by atoms with van der Waals surface area (Å²) in [6, 6.07) is 4.17. The predicted octanol–water partition coefficient (Wildman–Crippen LogP) is 1.89. The van der Waals surface area contributed by atoms with Crippen molar-refractivity contribution >= 4 is 35.8 Å². The zero-order valence-electron chi connectivity index (χ0n) is 17.4. The molecule has 0 aromatic carbocycles. The van der Waals surface area contributed by atoms with Gasteiger partial charge in [-0.25, -0.2) is 9.98 Å². The van der Waals surface area contributed by atoms with Crippen molar-refractivity contribution in [3.05, 3.63) is 23.9 Å². The molecule has 1 unspecified atom stereocenters. The van der Waals surface area contributed by atoms with Gasteiger partial charge in [0.2, 0.25) is 0 Å². The third-order valence-corrected chi connectivity index (χ3v) is 5.39. The Morgan fingerprint density at radius 1 is 1.29 bits per heavy atom. The number of pyridine rings is 1. The van der Waals surface area contributed by atoms with Gasteiger partial charge >= 0.3 is 0 Å². The molecular formula is C20H35IN6O. The minimum atomic E-state index is 0. The van der Waals surface area contributed by atoms with Gasteiger partial charge in [-0.05, 0) is 26.5 Å². The average Bonchev–Trinajstić information content (AvgIpc) is 3.15. The second kappa shape index (κ2) is 11.8. The van der Waals surface area contributed by atoms with E-state index in [2.05, 4.69) is 45.0 Å². The lowest BCUT2D eigenvalue weighted by atomic mass is 10.1. The van der Waals surface area contributed by atoms with E-state index >= 15 is 0 Å². The molecule has 8 heteroatoms. The Labute approximate surface area is 186 Å². The van der Waals surface area contributed by atoms with Crippen molar-refractivity contribution in [1.29, 1.82) is 0 Å². The number of hydrogen-bond donors (Lipinski definition) is 1. The molecule has 1 atom stereocenters. The molecule has 2 saturated heterocycles. The Hall–Kier alpha value is -1.13. The number of aliphatic imine (C=N–C) groups is 1. The fourth-order valence-electron chi connectivity index (χ4n) is 3.84. The van der Waals surface area contributed by atoms with Crippen molar-refractivity contribution in [2.24, 2.45) is 10.9 Å². The highest BCUT2D eigenvalue weighted by Gasteiger charge is 2.25. The van der Waals surface area contributed by atoms with E-state index in [1.807, 2.05) is 12.3 Å². The van der Waals surface area contributed by atoms with E-state index in [9.17, 15) is 0 Å². The van der Waals surface area contributed by atoms with Crippen molar-refractivity contribution in [1.82, 2.24) is 20.1 Å². The summed E-state index contributed by atoms with van der Waals surface area (Å²) in [4.78, 5) is 16.7. The first kappa shape index (κ1) is 23.2. The molecule has 3 heterocycles. The van der Waals surface area contributed by atoms with E-state index < -0.39 is 0 Å². The molecule has 28 heavy (non-hydrogen) atoms. The number of aromatic nitrogens is 1. The van der Waals surface area contributed by atoms with Crippen LogP contribution in [0, 0.1) is 5.92 Å². The van der Waals surface area contributed by atoms with E-state index in [1.165, 1.54) is 5.56 Å². The summed E-state index contributed by atoms with van der Waals surface area (Å²) < 4.78 is 5.33. The van der Waals surface area contributed by atoms with Crippen LogP contribution in [0.3, 0.4) is 0 Å². The molecule has 2 aliphatic rings. The lowest BCUT2D eigenvalue weighted by Crippen LogP contribution is -2.45. The summed E-state index contributed by atoms with van der Waals surface area (Å²) in [6.45, 7) is 10.7. The molecule has 0 bridgehead atoms. The van der Waals surface area contributed by atoms with Crippen molar-refractivity contribution in [3.63, 3.8) is 0 Å². The van der Waals surface area contributed by atoms with Crippen LogP contribution in [0.15, 0.2) is 23.3 Å². The summed E-state index contributed by atoms with van der Waals surface area (Å²) in [7, 11) is 3.96. The van der Waals surface area contributed by atoms with Gasteiger partial charge in [-0.3, -0.25) is 0 Å². The van der Waals surface area contributed by atoms with Crippen molar-refractivity contribution in [3.8, 4) is 0 Å². The largest absolute Gasteiger partial charge is 0.384 e. The Balaban J connectivity index is 0.00000280. The van der Waals surface area contributed by atoms with Crippen LogP contribution >= 0.6 is 24.0 Å². The zero-order chi connectivity index (χ0) is 19.1. The third kappa shape index (κ3) is 6.18. The maximum atomic E-state index is 5.33. The highest BCUT2D eigenvalue weighted by atomic mass is 127. The van der Waals surface area contributed by atoms with E-state index in [0.717, 1.165) is 70.6 Å². The van der Waals surface area contributed by atoms with Crippen LogP contribution in [-0.4, -0.2) is 87.3 Å². The van der Waals surface area contributed by atoms with Crippen LogP contribution in [0.2, 0.25) is 0 Å². The van der Waals surface area contributed by atoms with Crippen molar-refractivity contribution < 1.29 is 4.74 Å². The summed E-state index contributed by atoms with van der Waals surface area (Å²) >= 11 is 0. The quantitative estimate of drug-likeness (QED) is 0.365. The molecule has 0 spiro atoms. The monoisotopic (exact) mass is 502 g/mol. The Morgan fingerprint density at radius 2 is 2.07 bits per heavy atom. The second-order valence-electron chi connectivity index (χ2n) is 7.50. The van der Waals surface area contributed by atoms with Crippen LogP contribution in [0.1, 0.15) is 18.9 Å². The first-order valence-corrected chi connectivity index (χ1v) is 10.1. The molecule has 7 nitrogen and oxygen atoms in total. The molecule has 2 aliphatic heterocycles. The normalized spacial score (nSPS) is 21.0. The van der Waals surface area contributed by atoms with Gasteiger partial charge < -0.3 is 24.8 Å². The lowest BCUT2D eigenvalue weighted by molar-refractivity contribution is 0.157. The molecule has 1 N–H and O–H groups in total. The SMILES string of the molecule is CCNC(=NCc1cccnc1N1CCN(C)CC1)N1CCC(COC)C1.I. The van der Waals surface area contributed by atoms with Crippen LogP contribution < -0.4 is 10.2 Å². The van der Waals surface area contributed by atoms with Gasteiger partial charge in [-0.1, -0.05) is 6.07 Å². The smallest absolute Gasteiger partial charge is 0.194 e. The maximum Gasteiger partial charge on any atom is 0.194 e. The Bertz CT molecular complexity index is 620. The molecule has 0 radical (unpaired) electrons.